The van der Waals surface area contributed by atoms with Crippen molar-refractivity contribution < 1.29 is 9.90 Å². The Bertz CT molecular complexity index is 599. The van der Waals surface area contributed by atoms with Gasteiger partial charge >= 0.3 is 5.97 Å². The van der Waals surface area contributed by atoms with Crippen molar-refractivity contribution in [3.63, 3.8) is 0 Å². The average molecular weight is 232 g/mol. The smallest absolute Gasteiger partial charge is 0.325 e. The molecule has 0 saturated carbocycles. The maximum atomic E-state index is 11.0. The summed E-state index contributed by atoms with van der Waals surface area (Å²) in [6.45, 7) is 5.90. The summed E-state index contributed by atoms with van der Waals surface area (Å²) in [4.78, 5) is 14.2. The monoisotopic (exact) mass is 232 g/mol. The van der Waals surface area contributed by atoms with E-state index < -0.39 is 12.0 Å². The topological polar surface area (TPSA) is 79.1 Å². The van der Waals surface area contributed by atoms with Gasteiger partial charge in [-0.1, -0.05) is 12.1 Å². The molecule has 1 unspecified atom stereocenters. The Labute approximate surface area is 99.4 Å². The van der Waals surface area contributed by atoms with Crippen molar-refractivity contribution in [1.29, 1.82) is 0 Å². The number of carboxylic acid groups (broad SMARTS) is 1. The largest absolute Gasteiger partial charge is 0.480 e. The first-order chi connectivity index (χ1) is 7.93. The van der Waals surface area contributed by atoms with Crippen molar-refractivity contribution in [1.82, 2.24) is 4.98 Å². The SMILES string of the molecule is Cc1ccc2c(C(N)C(=O)O)c(C)[nH]c2c1C. The maximum absolute atomic E-state index is 11.0. The first-order valence-electron chi connectivity index (χ1n) is 5.50. The van der Waals surface area contributed by atoms with Gasteiger partial charge < -0.3 is 15.8 Å². The zero-order chi connectivity index (χ0) is 12.7. The number of rotatable bonds is 2. The second-order valence-corrected chi connectivity index (χ2v) is 4.41. The standard InChI is InChI=1S/C13H16N2O2/c1-6-4-5-9-10(11(14)13(16)17)8(3)15-12(9)7(6)2/h4-5,11,15H,14H2,1-3H3,(H,16,17). The summed E-state index contributed by atoms with van der Waals surface area (Å²) in [6.07, 6.45) is 0. The van der Waals surface area contributed by atoms with Crippen molar-refractivity contribution in [3.8, 4) is 0 Å². The van der Waals surface area contributed by atoms with E-state index in [1.165, 1.54) is 5.56 Å². The number of aromatic amines is 1. The van der Waals surface area contributed by atoms with Crippen LogP contribution in [-0.2, 0) is 4.79 Å². The number of aryl methyl sites for hydroxylation is 3. The fourth-order valence-corrected chi connectivity index (χ4v) is 2.18. The fraction of sp³-hybridized carbons (Fsp3) is 0.308. The summed E-state index contributed by atoms with van der Waals surface area (Å²) in [5.74, 6) is -1.01. The normalized spacial score (nSPS) is 12.9. The third kappa shape index (κ3) is 1.70. The highest BCUT2D eigenvalue weighted by atomic mass is 16.4. The number of hydrogen-bond donors (Lipinski definition) is 3. The van der Waals surface area contributed by atoms with Crippen molar-refractivity contribution >= 4 is 16.9 Å². The molecule has 1 aromatic carbocycles. The molecule has 0 saturated heterocycles. The predicted molar refractivity (Wildman–Crippen MR) is 67.1 cm³/mol. The van der Waals surface area contributed by atoms with Gasteiger partial charge in [0.05, 0.1) is 0 Å². The van der Waals surface area contributed by atoms with Crippen LogP contribution >= 0.6 is 0 Å². The summed E-state index contributed by atoms with van der Waals surface area (Å²) in [5, 5.41) is 9.93. The molecule has 4 N–H and O–H groups in total. The molecule has 0 bridgehead atoms. The number of aromatic nitrogens is 1. The van der Waals surface area contributed by atoms with E-state index in [1.54, 1.807) is 0 Å². The molecule has 0 radical (unpaired) electrons. The van der Waals surface area contributed by atoms with Gasteiger partial charge in [-0.05, 0) is 31.9 Å². The van der Waals surface area contributed by atoms with E-state index in [0.717, 1.165) is 22.2 Å². The van der Waals surface area contributed by atoms with Crippen LogP contribution in [0.3, 0.4) is 0 Å². The molecule has 4 nitrogen and oxygen atoms in total. The van der Waals surface area contributed by atoms with Crippen LogP contribution in [0.4, 0.5) is 0 Å². The quantitative estimate of drug-likeness (QED) is 0.742. The molecule has 1 heterocycles. The van der Waals surface area contributed by atoms with E-state index in [0.29, 0.717) is 5.56 Å². The molecule has 0 aliphatic carbocycles. The van der Waals surface area contributed by atoms with Gasteiger partial charge in [-0.25, -0.2) is 0 Å². The van der Waals surface area contributed by atoms with Gasteiger partial charge in [0.15, 0.2) is 0 Å². The molecule has 1 atom stereocenters. The van der Waals surface area contributed by atoms with Gasteiger partial charge in [-0.3, -0.25) is 4.79 Å². The van der Waals surface area contributed by atoms with Gasteiger partial charge in [-0.2, -0.15) is 0 Å². The molecule has 17 heavy (non-hydrogen) atoms. The van der Waals surface area contributed by atoms with Crippen LogP contribution in [0.15, 0.2) is 12.1 Å². The third-order valence-electron chi connectivity index (χ3n) is 3.32. The van der Waals surface area contributed by atoms with Crippen LogP contribution in [0.5, 0.6) is 0 Å². The van der Waals surface area contributed by atoms with Crippen LogP contribution in [0.25, 0.3) is 10.9 Å². The van der Waals surface area contributed by atoms with Gasteiger partial charge in [0, 0.05) is 22.2 Å². The molecule has 90 valence electrons. The molecule has 0 amide bonds. The van der Waals surface area contributed by atoms with Crippen molar-refractivity contribution in [3.05, 3.63) is 34.5 Å². The van der Waals surface area contributed by atoms with Crippen LogP contribution < -0.4 is 5.73 Å². The van der Waals surface area contributed by atoms with Crippen molar-refractivity contribution in [2.24, 2.45) is 5.73 Å². The molecule has 0 fully saturated rings. The Kier molecular flexibility index (Phi) is 2.67. The minimum atomic E-state index is -1.01. The molecular weight excluding hydrogens is 216 g/mol. The summed E-state index contributed by atoms with van der Waals surface area (Å²) in [7, 11) is 0. The third-order valence-corrected chi connectivity index (χ3v) is 3.32. The zero-order valence-electron chi connectivity index (χ0n) is 10.2. The number of fused-ring (bicyclic) bond motifs is 1. The number of nitrogens with one attached hydrogen (secondary N) is 1. The maximum Gasteiger partial charge on any atom is 0.325 e. The highest BCUT2D eigenvalue weighted by molar-refractivity contribution is 5.92. The lowest BCUT2D eigenvalue weighted by Gasteiger charge is -2.07. The van der Waals surface area contributed by atoms with Crippen molar-refractivity contribution in [2.75, 3.05) is 0 Å². The van der Waals surface area contributed by atoms with E-state index in [2.05, 4.69) is 4.98 Å². The number of carbonyl (C=O) groups is 1. The Hall–Kier alpha value is -1.81. The molecule has 4 heteroatoms. The summed E-state index contributed by atoms with van der Waals surface area (Å²) in [5.41, 5.74) is 10.5. The van der Waals surface area contributed by atoms with E-state index >= 15 is 0 Å². The second kappa shape index (κ2) is 3.89. The predicted octanol–water partition coefficient (Wildman–Crippen LogP) is 2.18. The van der Waals surface area contributed by atoms with Crippen LogP contribution in [0.1, 0.15) is 28.4 Å². The zero-order valence-corrected chi connectivity index (χ0v) is 10.2. The summed E-state index contributed by atoms with van der Waals surface area (Å²) in [6, 6.07) is 2.94. The molecular formula is C13H16N2O2. The molecule has 2 rings (SSSR count). The first kappa shape index (κ1) is 11.7. The number of carboxylic acids is 1. The number of H-pyrrole nitrogens is 1. The molecule has 0 spiro atoms. The van der Waals surface area contributed by atoms with Crippen LogP contribution in [-0.4, -0.2) is 16.1 Å². The Morgan fingerprint density at radius 1 is 1.35 bits per heavy atom. The lowest BCUT2D eigenvalue weighted by Crippen LogP contribution is -2.21. The van der Waals surface area contributed by atoms with E-state index in [-0.39, 0.29) is 0 Å². The van der Waals surface area contributed by atoms with Crippen LogP contribution in [0, 0.1) is 20.8 Å². The Morgan fingerprint density at radius 2 is 2.00 bits per heavy atom. The van der Waals surface area contributed by atoms with Gasteiger partial charge in [0.1, 0.15) is 6.04 Å². The van der Waals surface area contributed by atoms with E-state index in [4.69, 9.17) is 10.8 Å². The second-order valence-electron chi connectivity index (χ2n) is 4.41. The summed E-state index contributed by atoms with van der Waals surface area (Å²) >= 11 is 0. The lowest BCUT2D eigenvalue weighted by molar-refractivity contribution is -0.138. The van der Waals surface area contributed by atoms with Crippen molar-refractivity contribution in [2.45, 2.75) is 26.8 Å². The highest BCUT2D eigenvalue weighted by Gasteiger charge is 2.21. The Balaban J connectivity index is 2.77. The molecule has 0 aliphatic rings. The minimum absolute atomic E-state index is 0.676. The lowest BCUT2D eigenvalue weighted by atomic mass is 10.0. The molecule has 1 aromatic heterocycles. The average Bonchev–Trinajstić information content (AvgIpc) is 2.60. The number of aliphatic carboxylic acids is 1. The number of nitrogens with two attached hydrogens (primary N) is 1. The van der Waals surface area contributed by atoms with Gasteiger partial charge in [0.25, 0.3) is 0 Å². The summed E-state index contributed by atoms with van der Waals surface area (Å²) < 4.78 is 0. The van der Waals surface area contributed by atoms with E-state index in [9.17, 15) is 4.79 Å². The number of benzene rings is 1. The van der Waals surface area contributed by atoms with Gasteiger partial charge in [-0.15, -0.1) is 0 Å². The number of hydrogen-bond acceptors (Lipinski definition) is 2. The Morgan fingerprint density at radius 3 is 2.59 bits per heavy atom. The fourth-order valence-electron chi connectivity index (χ4n) is 2.18. The van der Waals surface area contributed by atoms with Gasteiger partial charge in [0.2, 0.25) is 0 Å². The van der Waals surface area contributed by atoms with E-state index in [1.807, 2.05) is 32.9 Å². The van der Waals surface area contributed by atoms with Crippen LogP contribution in [0.2, 0.25) is 0 Å². The first-order valence-corrected chi connectivity index (χ1v) is 5.50. The molecule has 2 aromatic rings. The minimum Gasteiger partial charge on any atom is -0.480 e. The highest BCUT2D eigenvalue weighted by Crippen LogP contribution is 2.30. The molecule has 0 aliphatic heterocycles.